The van der Waals surface area contributed by atoms with Gasteiger partial charge in [0.2, 0.25) is 17.7 Å². The zero-order valence-corrected chi connectivity index (χ0v) is 25.7. The summed E-state index contributed by atoms with van der Waals surface area (Å²) in [5.74, 6) is -0.559. The second-order valence-electron chi connectivity index (χ2n) is 12.3. The fourth-order valence-corrected chi connectivity index (χ4v) is 6.75. The Morgan fingerprint density at radius 1 is 1.02 bits per heavy atom. The lowest BCUT2D eigenvalue weighted by Crippen LogP contribution is -2.53. The molecule has 0 aliphatic carbocycles. The van der Waals surface area contributed by atoms with Crippen LogP contribution in [0, 0.1) is 19.3 Å². The first-order valence-electron chi connectivity index (χ1n) is 14.0. The highest BCUT2D eigenvalue weighted by molar-refractivity contribution is 7.92. The van der Waals surface area contributed by atoms with E-state index in [0.29, 0.717) is 25.1 Å². The molecule has 42 heavy (non-hydrogen) atoms. The summed E-state index contributed by atoms with van der Waals surface area (Å²) >= 11 is 0. The van der Waals surface area contributed by atoms with Gasteiger partial charge in [-0.3, -0.25) is 9.59 Å². The van der Waals surface area contributed by atoms with Gasteiger partial charge in [0.1, 0.15) is 12.6 Å². The number of anilines is 1. The molecule has 4 bridgehead atoms. The van der Waals surface area contributed by atoms with E-state index in [2.05, 4.69) is 35.5 Å². The second kappa shape index (κ2) is 11.0. The van der Waals surface area contributed by atoms with Gasteiger partial charge in [0.15, 0.2) is 0 Å². The molecule has 1 aromatic heterocycles. The number of aromatic nitrogens is 2. The van der Waals surface area contributed by atoms with E-state index in [9.17, 15) is 18.0 Å². The van der Waals surface area contributed by atoms with Crippen molar-refractivity contribution in [2.75, 3.05) is 24.9 Å². The van der Waals surface area contributed by atoms with Gasteiger partial charge in [0.25, 0.3) is 15.9 Å². The summed E-state index contributed by atoms with van der Waals surface area (Å²) in [6, 6.07) is 12.2. The Hall–Kier alpha value is -3.99. The standard InChI is InChI=1S/C31H37N5O5S/c1-19-9-7-10-20(2)27(19)24-16-26-33-30(32-24)34-42(39,40)23-12-8-11-21(15-23)28(37)36(25-13-14-35(6)29(25)38)22(18-41-26)17-31(3,4)5/h7-12,15-16,22,25H,13-14,17-18H2,1-6H3,(H,32,33,34)/t22-,25?/m1/s1. The van der Waals surface area contributed by atoms with Gasteiger partial charge in [-0.2, -0.15) is 4.98 Å². The summed E-state index contributed by atoms with van der Waals surface area (Å²) < 4.78 is 35.8. The maximum absolute atomic E-state index is 14.2. The van der Waals surface area contributed by atoms with Crippen molar-refractivity contribution >= 4 is 27.8 Å². The highest BCUT2D eigenvalue weighted by Crippen LogP contribution is 2.33. The SMILES string of the molecule is Cc1cccc(C)c1-c1cc2nc(n1)NS(=O)(=O)c1cccc(c1)C(=O)N(C1CCN(C)C1=O)[C@H](CC(C)(C)C)CO2. The molecule has 1 saturated heterocycles. The van der Waals surface area contributed by atoms with Crippen LogP contribution in [-0.4, -0.2) is 72.3 Å². The van der Waals surface area contributed by atoms with Crippen molar-refractivity contribution in [2.24, 2.45) is 5.41 Å². The topological polar surface area (TPSA) is 122 Å². The van der Waals surface area contributed by atoms with Crippen LogP contribution in [0.4, 0.5) is 5.95 Å². The largest absolute Gasteiger partial charge is 0.475 e. The fraction of sp³-hybridized carbons (Fsp3) is 0.419. The number of amides is 2. The number of aryl methyl sites for hydroxylation is 2. The number of nitrogens with zero attached hydrogens (tertiary/aromatic N) is 4. The predicted octanol–water partition coefficient (Wildman–Crippen LogP) is 4.43. The smallest absolute Gasteiger partial charge is 0.264 e. The van der Waals surface area contributed by atoms with Crippen LogP contribution in [0.1, 0.15) is 55.1 Å². The minimum Gasteiger partial charge on any atom is -0.475 e. The van der Waals surface area contributed by atoms with E-state index >= 15 is 0 Å². The van der Waals surface area contributed by atoms with Crippen LogP contribution in [0.2, 0.25) is 0 Å². The van der Waals surface area contributed by atoms with Crippen LogP contribution in [0.15, 0.2) is 53.4 Å². The molecule has 2 amide bonds. The maximum Gasteiger partial charge on any atom is 0.264 e. The van der Waals surface area contributed by atoms with Gasteiger partial charge >= 0.3 is 0 Å². The Balaban J connectivity index is 1.70. The third kappa shape index (κ3) is 5.97. The molecule has 222 valence electrons. The normalized spacial score (nSPS) is 20.7. The third-order valence-corrected chi connectivity index (χ3v) is 9.02. The van der Waals surface area contributed by atoms with Gasteiger partial charge in [-0.1, -0.05) is 45.0 Å². The number of sulfonamides is 1. The van der Waals surface area contributed by atoms with Crippen LogP contribution in [-0.2, 0) is 14.8 Å². The Bertz CT molecular complexity index is 1630. The minimum atomic E-state index is -4.18. The number of hydrogen-bond donors (Lipinski definition) is 1. The van der Waals surface area contributed by atoms with E-state index in [1.165, 1.54) is 18.2 Å². The maximum atomic E-state index is 14.2. The molecule has 11 heteroatoms. The first-order valence-corrected chi connectivity index (χ1v) is 15.5. The van der Waals surface area contributed by atoms with Gasteiger partial charge in [-0.25, -0.2) is 18.1 Å². The number of likely N-dealkylation sites (N-methyl/N-ethyl adjacent to an activating group) is 1. The summed E-state index contributed by atoms with van der Waals surface area (Å²) in [6.45, 7) is 10.7. The van der Waals surface area contributed by atoms with Gasteiger partial charge < -0.3 is 14.5 Å². The third-order valence-electron chi connectivity index (χ3n) is 7.69. The average Bonchev–Trinajstić information content (AvgIpc) is 3.23. The van der Waals surface area contributed by atoms with Crippen LogP contribution < -0.4 is 9.46 Å². The molecule has 2 atom stereocenters. The fourth-order valence-electron chi connectivity index (χ4n) is 5.77. The monoisotopic (exact) mass is 591 g/mol. The summed E-state index contributed by atoms with van der Waals surface area (Å²) in [5.41, 5.74) is 3.22. The van der Waals surface area contributed by atoms with E-state index in [1.54, 1.807) is 29.0 Å². The van der Waals surface area contributed by atoms with Gasteiger partial charge in [-0.05, 0) is 61.4 Å². The minimum absolute atomic E-state index is 0.0472. The number of nitrogens with one attached hydrogen (secondary N) is 1. The van der Waals surface area contributed by atoms with E-state index < -0.39 is 28.0 Å². The number of likely N-dealkylation sites (tertiary alicyclic amines) is 1. The Labute approximate surface area is 247 Å². The molecule has 2 aliphatic heterocycles. The molecule has 3 aromatic rings. The molecule has 2 aliphatic rings. The number of rotatable bonds is 3. The van der Waals surface area contributed by atoms with Crippen LogP contribution in [0.25, 0.3) is 11.3 Å². The summed E-state index contributed by atoms with van der Waals surface area (Å²) in [7, 11) is -2.45. The van der Waals surface area contributed by atoms with Crippen molar-refractivity contribution in [1.82, 2.24) is 19.8 Å². The van der Waals surface area contributed by atoms with Crippen molar-refractivity contribution in [1.29, 1.82) is 0 Å². The number of ether oxygens (including phenoxy) is 1. The molecule has 10 nitrogen and oxygen atoms in total. The van der Waals surface area contributed by atoms with Crippen LogP contribution in [0.5, 0.6) is 5.88 Å². The number of hydrogen-bond acceptors (Lipinski definition) is 7. The van der Waals surface area contributed by atoms with Crippen molar-refractivity contribution < 1.29 is 22.7 Å². The van der Waals surface area contributed by atoms with Crippen LogP contribution >= 0.6 is 0 Å². The zero-order chi connectivity index (χ0) is 30.4. The van der Waals surface area contributed by atoms with E-state index in [1.807, 2.05) is 32.0 Å². The quantitative estimate of drug-likeness (QED) is 0.478. The summed E-state index contributed by atoms with van der Waals surface area (Å²) in [4.78, 5) is 39.6. The zero-order valence-electron chi connectivity index (χ0n) is 24.8. The predicted molar refractivity (Wildman–Crippen MR) is 160 cm³/mol. The van der Waals surface area contributed by atoms with Crippen molar-refractivity contribution in [3.8, 4) is 17.1 Å². The van der Waals surface area contributed by atoms with Gasteiger partial charge in [0, 0.05) is 30.8 Å². The molecule has 0 saturated carbocycles. The van der Waals surface area contributed by atoms with Crippen molar-refractivity contribution in [3.63, 3.8) is 0 Å². The van der Waals surface area contributed by atoms with Crippen molar-refractivity contribution in [2.45, 2.75) is 64.4 Å². The first-order chi connectivity index (χ1) is 19.7. The number of carbonyl (C=O) groups is 2. The Morgan fingerprint density at radius 2 is 1.71 bits per heavy atom. The molecular weight excluding hydrogens is 554 g/mol. The second-order valence-corrected chi connectivity index (χ2v) is 14.0. The Morgan fingerprint density at radius 3 is 2.36 bits per heavy atom. The van der Waals surface area contributed by atoms with E-state index in [4.69, 9.17) is 4.74 Å². The molecule has 0 radical (unpaired) electrons. The van der Waals surface area contributed by atoms with Crippen molar-refractivity contribution in [3.05, 3.63) is 65.2 Å². The molecule has 5 rings (SSSR count). The molecule has 2 aromatic carbocycles. The molecule has 0 spiro atoms. The van der Waals surface area contributed by atoms with E-state index in [0.717, 1.165) is 16.7 Å². The highest BCUT2D eigenvalue weighted by Gasteiger charge is 2.42. The summed E-state index contributed by atoms with van der Waals surface area (Å²) in [5, 5.41) is 0. The molecule has 1 unspecified atom stereocenters. The molecular formula is C31H37N5O5S. The number of carbonyl (C=O) groups excluding carboxylic acids is 2. The molecule has 1 N–H and O–H groups in total. The van der Waals surface area contributed by atoms with Crippen LogP contribution in [0.3, 0.4) is 0 Å². The Kier molecular flexibility index (Phi) is 7.74. The molecule has 1 fully saturated rings. The van der Waals surface area contributed by atoms with Gasteiger partial charge in [0.05, 0.1) is 16.6 Å². The first kappa shape index (κ1) is 29.5. The summed E-state index contributed by atoms with van der Waals surface area (Å²) in [6.07, 6.45) is 1.000. The highest BCUT2D eigenvalue weighted by atomic mass is 32.2. The lowest BCUT2D eigenvalue weighted by atomic mass is 9.87. The van der Waals surface area contributed by atoms with E-state index in [-0.39, 0.29) is 40.2 Å². The molecule has 3 heterocycles. The lowest BCUT2D eigenvalue weighted by molar-refractivity contribution is -0.131. The average molecular weight is 592 g/mol. The number of fused-ring (bicyclic) bond motifs is 4. The van der Waals surface area contributed by atoms with Gasteiger partial charge in [-0.15, -0.1) is 0 Å². The lowest BCUT2D eigenvalue weighted by Gasteiger charge is -2.38. The number of benzene rings is 2.